The predicted molar refractivity (Wildman–Crippen MR) is 81.1 cm³/mol. The van der Waals surface area contributed by atoms with Crippen molar-refractivity contribution >= 4 is 36.2 Å². The second-order valence-electron chi connectivity index (χ2n) is 3.53. The average molecular weight is 259 g/mol. The molecule has 3 heteroatoms. The summed E-state index contributed by atoms with van der Waals surface area (Å²) in [5.74, 6) is 0. The molecule has 0 amide bonds. The molecule has 0 radical (unpaired) electrons. The van der Waals surface area contributed by atoms with E-state index in [4.69, 9.17) is 0 Å². The minimum absolute atomic E-state index is 0. The Hall–Kier alpha value is -1.93. The van der Waals surface area contributed by atoms with Crippen LogP contribution < -0.4 is 0 Å². The van der Waals surface area contributed by atoms with Crippen molar-refractivity contribution in [2.45, 2.75) is 6.42 Å². The molecule has 0 aliphatic heterocycles. The van der Waals surface area contributed by atoms with Gasteiger partial charge in [0.1, 0.15) is 0 Å². The second kappa shape index (κ2) is 8.20. The zero-order valence-corrected chi connectivity index (χ0v) is 10.8. The van der Waals surface area contributed by atoms with Crippen molar-refractivity contribution in [3.8, 4) is 0 Å². The van der Waals surface area contributed by atoms with Crippen LogP contribution in [-0.4, -0.2) is 12.4 Å². The van der Waals surface area contributed by atoms with E-state index < -0.39 is 0 Å². The lowest BCUT2D eigenvalue weighted by molar-refractivity contribution is 1.48. The third-order valence-corrected chi connectivity index (χ3v) is 2.20. The van der Waals surface area contributed by atoms with Crippen molar-refractivity contribution in [1.29, 1.82) is 0 Å². The standard InChI is InChI=1S/C15H14N2.ClH/c1-3-8-14(9-4-1)16-12-7-13-17-15-10-5-2-6-11-15;/h1-6,8-13H,7H2;1H/b16-12-,17-13+;. The van der Waals surface area contributed by atoms with Crippen LogP contribution >= 0.6 is 12.4 Å². The molecule has 2 aromatic carbocycles. The SMILES string of the molecule is C(/C/C=N/c1ccccc1)=N/c1ccccc1.Cl. The van der Waals surface area contributed by atoms with E-state index in [2.05, 4.69) is 9.98 Å². The summed E-state index contributed by atoms with van der Waals surface area (Å²) in [6.45, 7) is 0. The molecule has 2 aromatic rings. The summed E-state index contributed by atoms with van der Waals surface area (Å²) in [7, 11) is 0. The highest BCUT2D eigenvalue weighted by Crippen LogP contribution is 2.09. The highest BCUT2D eigenvalue weighted by Gasteiger charge is 1.84. The molecule has 2 rings (SSSR count). The molecule has 2 nitrogen and oxygen atoms in total. The van der Waals surface area contributed by atoms with Gasteiger partial charge in [0.2, 0.25) is 0 Å². The lowest BCUT2D eigenvalue weighted by atomic mass is 10.3. The van der Waals surface area contributed by atoms with Crippen molar-refractivity contribution in [1.82, 2.24) is 0 Å². The number of benzene rings is 2. The summed E-state index contributed by atoms with van der Waals surface area (Å²) in [6, 6.07) is 19.8. The number of hydrogen-bond acceptors (Lipinski definition) is 2. The monoisotopic (exact) mass is 258 g/mol. The van der Waals surface area contributed by atoms with E-state index in [1.807, 2.05) is 73.1 Å². The molecule has 18 heavy (non-hydrogen) atoms. The zero-order chi connectivity index (χ0) is 11.8. The van der Waals surface area contributed by atoms with Gasteiger partial charge in [0, 0.05) is 18.9 Å². The van der Waals surface area contributed by atoms with Crippen LogP contribution in [0, 0.1) is 0 Å². The van der Waals surface area contributed by atoms with Crippen LogP contribution in [0.2, 0.25) is 0 Å². The third kappa shape index (κ3) is 4.93. The van der Waals surface area contributed by atoms with E-state index in [0.29, 0.717) is 0 Å². The largest absolute Gasteiger partial charge is 0.261 e. The van der Waals surface area contributed by atoms with Gasteiger partial charge >= 0.3 is 0 Å². The maximum Gasteiger partial charge on any atom is 0.0625 e. The molecule has 92 valence electrons. The molecule has 0 N–H and O–H groups in total. The van der Waals surface area contributed by atoms with Gasteiger partial charge in [-0.2, -0.15) is 0 Å². The number of nitrogens with zero attached hydrogens (tertiary/aromatic N) is 2. The fourth-order valence-corrected chi connectivity index (χ4v) is 1.39. The Morgan fingerprint density at radius 1 is 0.667 bits per heavy atom. The Balaban J connectivity index is 0.00000162. The maximum absolute atomic E-state index is 4.32. The van der Waals surface area contributed by atoms with Gasteiger partial charge in [0.25, 0.3) is 0 Å². The molecule has 0 aliphatic carbocycles. The summed E-state index contributed by atoms with van der Waals surface area (Å²) >= 11 is 0. The van der Waals surface area contributed by atoms with E-state index in [0.717, 1.165) is 17.8 Å². The van der Waals surface area contributed by atoms with Crippen molar-refractivity contribution in [2.75, 3.05) is 0 Å². The average Bonchev–Trinajstić information content (AvgIpc) is 2.41. The second-order valence-corrected chi connectivity index (χ2v) is 3.53. The highest BCUT2D eigenvalue weighted by atomic mass is 35.5. The summed E-state index contributed by atoms with van der Waals surface area (Å²) in [5, 5.41) is 0. The molecule has 0 aliphatic rings. The number of hydrogen-bond donors (Lipinski definition) is 0. The van der Waals surface area contributed by atoms with E-state index in [1.165, 1.54) is 0 Å². The smallest absolute Gasteiger partial charge is 0.0625 e. The van der Waals surface area contributed by atoms with Gasteiger partial charge in [-0.3, -0.25) is 9.98 Å². The normalized spacial score (nSPS) is 10.7. The van der Waals surface area contributed by atoms with Crippen LogP contribution in [0.5, 0.6) is 0 Å². The fourth-order valence-electron chi connectivity index (χ4n) is 1.39. The van der Waals surface area contributed by atoms with Gasteiger partial charge in [-0.15, -0.1) is 12.4 Å². The molecule has 0 saturated heterocycles. The van der Waals surface area contributed by atoms with Gasteiger partial charge in [-0.25, -0.2) is 0 Å². The minimum atomic E-state index is 0. The van der Waals surface area contributed by atoms with Crippen LogP contribution in [0.1, 0.15) is 6.42 Å². The maximum atomic E-state index is 4.32. The zero-order valence-electron chi connectivity index (χ0n) is 9.94. The lowest BCUT2D eigenvalue weighted by Crippen LogP contribution is -1.76. The molecule has 0 fully saturated rings. The molecule has 0 bridgehead atoms. The first-order valence-electron chi connectivity index (χ1n) is 5.60. The molecule has 0 saturated carbocycles. The quantitative estimate of drug-likeness (QED) is 0.716. The first-order chi connectivity index (χ1) is 8.45. The fraction of sp³-hybridized carbons (Fsp3) is 0.0667. The van der Waals surface area contributed by atoms with Crippen molar-refractivity contribution in [3.05, 3.63) is 60.7 Å². The first-order valence-corrected chi connectivity index (χ1v) is 5.60. The van der Waals surface area contributed by atoms with Crippen LogP contribution in [0.4, 0.5) is 11.4 Å². The number of halogens is 1. The summed E-state index contributed by atoms with van der Waals surface area (Å²) < 4.78 is 0. The van der Waals surface area contributed by atoms with Crippen LogP contribution in [-0.2, 0) is 0 Å². The van der Waals surface area contributed by atoms with E-state index >= 15 is 0 Å². The Bertz CT molecular complexity index is 445. The third-order valence-electron chi connectivity index (χ3n) is 2.20. The van der Waals surface area contributed by atoms with Gasteiger partial charge in [-0.1, -0.05) is 36.4 Å². The molecular formula is C15H15ClN2. The van der Waals surface area contributed by atoms with Gasteiger partial charge < -0.3 is 0 Å². The predicted octanol–water partition coefficient (Wildman–Crippen LogP) is 4.60. The topological polar surface area (TPSA) is 24.7 Å². The Kier molecular flexibility index (Phi) is 6.44. The number of para-hydroxylation sites is 2. The van der Waals surface area contributed by atoms with Gasteiger partial charge in [0.05, 0.1) is 11.4 Å². The minimum Gasteiger partial charge on any atom is -0.261 e. The molecule has 0 unspecified atom stereocenters. The summed E-state index contributed by atoms with van der Waals surface area (Å²) in [6.07, 6.45) is 4.47. The Labute approximate surface area is 114 Å². The lowest BCUT2D eigenvalue weighted by Gasteiger charge is -1.91. The van der Waals surface area contributed by atoms with E-state index in [1.54, 1.807) is 0 Å². The van der Waals surface area contributed by atoms with Crippen LogP contribution in [0.3, 0.4) is 0 Å². The van der Waals surface area contributed by atoms with Crippen molar-refractivity contribution < 1.29 is 0 Å². The summed E-state index contributed by atoms with van der Waals surface area (Å²) in [4.78, 5) is 8.64. The van der Waals surface area contributed by atoms with Gasteiger partial charge in [0.15, 0.2) is 0 Å². The first kappa shape index (κ1) is 14.1. The van der Waals surface area contributed by atoms with Crippen molar-refractivity contribution in [3.63, 3.8) is 0 Å². The molecule has 0 aromatic heterocycles. The molecular weight excluding hydrogens is 244 g/mol. The Morgan fingerprint density at radius 2 is 1.06 bits per heavy atom. The number of aliphatic imine (C=N–C) groups is 2. The van der Waals surface area contributed by atoms with Crippen LogP contribution in [0.25, 0.3) is 0 Å². The van der Waals surface area contributed by atoms with Gasteiger partial charge in [-0.05, 0) is 24.3 Å². The molecule has 0 heterocycles. The molecule has 0 atom stereocenters. The Morgan fingerprint density at radius 3 is 1.44 bits per heavy atom. The highest BCUT2D eigenvalue weighted by molar-refractivity contribution is 5.85. The number of rotatable bonds is 4. The van der Waals surface area contributed by atoms with E-state index in [-0.39, 0.29) is 12.4 Å². The van der Waals surface area contributed by atoms with Crippen LogP contribution in [0.15, 0.2) is 70.6 Å². The summed E-state index contributed by atoms with van der Waals surface area (Å²) in [5.41, 5.74) is 1.95. The molecule has 0 spiro atoms. The van der Waals surface area contributed by atoms with Crippen molar-refractivity contribution in [2.24, 2.45) is 9.98 Å². The van der Waals surface area contributed by atoms with E-state index in [9.17, 15) is 0 Å².